The molecule has 1 fully saturated rings. The molecule has 0 spiro atoms. The van der Waals surface area contributed by atoms with E-state index >= 15 is 0 Å². The summed E-state index contributed by atoms with van der Waals surface area (Å²) in [5.41, 5.74) is 0.199. The summed E-state index contributed by atoms with van der Waals surface area (Å²) in [7, 11) is 0. The highest BCUT2D eigenvalue weighted by molar-refractivity contribution is 4.68. The molecule has 1 aliphatic heterocycles. The summed E-state index contributed by atoms with van der Waals surface area (Å²) >= 11 is 0. The van der Waals surface area contributed by atoms with Crippen molar-refractivity contribution in [1.29, 1.82) is 0 Å². The van der Waals surface area contributed by atoms with Crippen LogP contribution < -0.4 is 0 Å². The SMILES string of the molecule is CC(C)(CCO)CCOCC1COC1. The van der Waals surface area contributed by atoms with Crippen LogP contribution in [0.5, 0.6) is 0 Å². The van der Waals surface area contributed by atoms with Crippen molar-refractivity contribution in [1.82, 2.24) is 0 Å². The third-order valence-corrected chi connectivity index (χ3v) is 2.77. The second-order valence-corrected chi connectivity index (χ2v) is 4.87. The average molecular weight is 202 g/mol. The molecule has 0 bridgehead atoms. The van der Waals surface area contributed by atoms with Crippen molar-refractivity contribution in [2.24, 2.45) is 11.3 Å². The first-order chi connectivity index (χ1) is 6.64. The fourth-order valence-corrected chi connectivity index (χ4v) is 1.41. The maximum absolute atomic E-state index is 8.84. The Kier molecular flexibility index (Phi) is 4.85. The van der Waals surface area contributed by atoms with Gasteiger partial charge < -0.3 is 14.6 Å². The normalized spacial score (nSPS) is 18.2. The Morgan fingerprint density at radius 3 is 2.57 bits per heavy atom. The smallest absolute Gasteiger partial charge is 0.0538 e. The maximum atomic E-state index is 8.84. The van der Waals surface area contributed by atoms with Gasteiger partial charge in [-0.15, -0.1) is 0 Å². The first kappa shape index (κ1) is 12.0. The molecular weight excluding hydrogens is 180 g/mol. The van der Waals surface area contributed by atoms with E-state index in [0.717, 1.165) is 39.3 Å². The van der Waals surface area contributed by atoms with Gasteiger partial charge in [-0.2, -0.15) is 0 Å². The number of aliphatic hydroxyl groups is 1. The Balaban J connectivity index is 1.96. The van der Waals surface area contributed by atoms with Crippen LogP contribution in [0.4, 0.5) is 0 Å². The van der Waals surface area contributed by atoms with E-state index in [4.69, 9.17) is 14.6 Å². The summed E-state index contributed by atoms with van der Waals surface area (Å²) in [5.74, 6) is 0.621. The molecule has 1 heterocycles. The van der Waals surface area contributed by atoms with Gasteiger partial charge in [0.1, 0.15) is 0 Å². The van der Waals surface area contributed by atoms with Gasteiger partial charge in [-0.05, 0) is 18.3 Å². The summed E-state index contributed by atoms with van der Waals surface area (Å²) in [4.78, 5) is 0. The zero-order valence-corrected chi connectivity index (χ0v) is 9.29. The fourth-order valence-electron chi connectivity index (χ4n) is 1.41. The van der Waals surface area contributed by atoms with Crippen LogP contribution in [0, 0.1) is 11.3 Å². The predicted octanol–water partition coefficient (Wildman–Crippen LogP) is 1.45. The van der Waals surface area contributed by atoms with Crippen LogP contribution in [-0.4, -0.2) is 38.1 Å². The molecule has 84 valence electrons. The molecule has 1 N–H and O–H groups in total. The molecule has 0 atom stereocenters. The molecule has 3 heteroatoms. The summed E-state index contributed by atoms with van der Waals surface area (Å²) in [5, 5.41) is 8.84. The van der Waals surface area contributed by atoms with Gasteiger partial charge in [0.2, 0.25) is 0 Å². The average Bonchev–Trinajstić information content (AvgIpc) is 2.00. The summed E-state index contributed by atoms with van der Waals surface area (Å²) in [6.45, 7) is 7.94. The second-order valence-electron chi connectivity index (χ2n) is 4.87. The van der Waals surface area contributed by atoms with Crippen LogP contribution in [0.3, 0.4) is 0 Å². The van der Waals surface area contributed by atoms with E-state index in [9.17, 15) is 0 Å². The lowest BCUT2D eigenvalue weighted by Gasteiger charge is -2.27. The molecule has 0 saturated carbocycles. The maximum Gasteiger partial charge on any atom is 0.0538 e. The molecule has 14 heavy (non-hydrogen) atoms. The van der Waals surface area contributed by atoms with Crippen molar-refractivity contribution >= 4 is 0 Å². The number of hydrogen-bond donors (Lipinski definition) is 1. The molecule has 3 nitrogen and oxygen atoms in total. The molecule has 1 saturated heterocycles. The van der Waals surface area contributed by atoms with E-state index in [2.05, 4.69) is 13.8 Å². The monoisotopic (exact) mass is 202 g/mol. The van der Waals surface area contributed by atoms with Gasteiger partial charge in [-0.25, -0.2) is 0 Å². The Morgan fingerprint density at radius 2 is 2.07 bits per heavy atom. The molecular formula is C11H22O3. The summed E-state index contributed by atoms with van der Waals surface area (Å²) < 4.78 is 10.6. The largest absolute Gasteiger partial charge is 0.396 e. The highest BCUT2D eigenvalue weighted by atomic mass is 16.5. The number of ether oxygens (including phenoxy) is 2. The lowest BCUT2D eigenvalue weighted by atomic mass is 9.86. The number of rotatable bonds is 7. The van der Waals surface area contributed by atoms with Gasteiger partial charge >= 0.3 is 0 Å². The van der Waals surface area contributed by atoms with Crippen LogP contribution in [0.15, 0.2) is 0 Å². The molecule has 0 aromatic heterocycles. The van der Waals surface area contributed by atoms with Gasteiger partial charge in [0.15, 0.2) is 0 Å². The standard InChI is InChI=1S/C11H22O3/c1-11(2,3-5-12)4-6-13-7-10-8-14-9-10/h10,12H,3-9H2,1-2H3. The summed E-state index contributed by atoms with van der Waals surface area (Å²) in [6, 6.07) is 0. The van der Waals surface area contributed by atoms with Crippen molar-refractivity contribution in [3.63, 3.8) is 0 Å². The van der Waals surface area contributed by atoms with Gasteiger partial charge in [0.05, 0.1) is 19.8 Å². The van der Waals surface area contributed by atoms with Crippen molar-refractivity contribution < 1.29 is 14.6 Å². The third kappa shape index (κ3) is 4.40. The van der Waals surface area contributed by atoms with Gasteiger partial charge in [-0.1, -0.05) is 13.8 Å². The minimum Gasteiger partial charge on any atom is -0.396 e. The molecule has 0 amide bonds. The number of aliphatic hydroxyl groups excluding tert-OH is 1. The van der Waals surface area contributed by atoms with Crippen LogP contribution in [0.1, 0.15) is 26.7 Å². The van der Waals surface area contributed by atoms with Crippen molar-refractivity contribution in [2.75, 3.05) is 33.0 Å². The zero-order valence-electron chi connectivity index (χ0n) is 9.29. The van der Waals surface area contributed by atoms with Crippen molar-refractivity contribution in [2.45, 2.75) is 26.7 Å². The second kappa shape index (κ2) is 5.69. The lowest BCUT2D eigenvalue weighted by Crippen LogP contribution is -2.32. The minimum atomic E-state index is 0.199. The molecule has 0 aromatic rings. The van der Waals surface area contributed by atoms with Crippen LogP contribution in [-0.2, 0) is 9.47 Å². The molecule has 1 rings (SSSR count). The lowest BCUT2D eigenvalue weighted by molar-refractivity contribution is -0.0740. The molecule has 1 aliphatic rings. The highest BCUT2D eigenvalue weighted by Gasteiger charge is 2.20. The Labute approximate surface area is 86.4 Å². The predicted molar refractivity (Wildman–Crippen MR) is 55.2 cm³/mol. The molecule has 0 aliphatic carbocycles. The van der Waals surface area contributed by atoms with E-state index in [1.165, 1.54) is 0 Å². The Bertz CT molecular complexity index is 153. The van der Waals surface area contributed by atoms with E-state index in [0.29, 0.717) is 5.92 Å². The van der Waals surface area contributed by atoms with Gasteiger partial charge in [-0.3, -0.25) is 0 Å². The molecule has 0 aromatic carbocycles. The fraction of sp³-hybridized carbons (Fsp3) is 1.00. The molecule has 0 radical (unpaired) electrons. The van der Waals surface area contributed by atoms with Gasteiger partial charge in [0.25, 0.3) is 0 Å². The quantitative estimate of drug-likeness (QED) is 0.635. The first-order valence-electron chi connectivity index (χ1n) is 5.40. The third-order valence-electron chi connectivity index (χ3n) is 2.77. The van der Waals surface area contributed by atoms with Gasteiger partial charge in [0, 0.05) is 19.1 Å². The van der Waals surface area contributed by atoms with E-state index in [1.54, 1.807) is 0 Å². The zero-order chi connectivity index (χ0) is 10.4. The van der Waals surface area contributed by atoms with E-state index < -0.39 is 0 Å². The molecule has 0 unspecified atom stereocenters. The topological polar surface area (TPSA) is 38.7 Å². The minimum absolute atomic E-state index is 0.199. The highest BCUT2D eigenvalue weighted by Crippen LogP contribution is 2.24. The van der Waals surface area contributed by atoms with Crippen LogP contribution in [0.25, 0.3) is 0 Å². The van der Waals surface area contributed by atoms with Crippen molar-refractivity contribution in [3.8, 4) is 0 Å². The van der Waals surface area contributed by atoms with Crippen LogP contribution in [0.2, 0.25) is 0 Å². The first-order valence-corrected chi connectivity index (χ1v) is 5.40. The number of hydrogen-bond acceptors (Lipinski definition) is 3. The van der Waals surface area contributed by atoms with Crippen molar-refractivity contribution in [3.05, 3.63) is 0 Å². The Hall–Kier alpha value is -0.120. The summed E-state index contributed by atoms with van der Waals surface area (Å²) in [6.07, 6.45) is 1.87. The Morgan fingerprint density at radius 1 is 1.36 bits per heavy atom. The van der Waals surface area contributed by atoms with Crippen LogP contribution >= 0.6 is 0 Å². The van der Waals surface area contributed by atoms with E-state index in [1.807, 2.05) is 0 Å². The van der Waals surface area contributed by atoms with E-state index in [-0.39, 0.29) is 12.0 Å².